The molecule has 1 fully saturated rings. The lowest BCUT2D eigenvalue weighted by Gasteiger charge is -2.31. The second-order valence-electron chi connectivity index (χ2n) is 8.39. The van der Waals surface area contributed by atoms with Crippen molar-refractivity contribution >= 4 is 39.3 Å². The van der Waals surface area contributed by atoms with Gasteiger partial charge in [0.1, 0.15) is 11.8 Å². The summed E-state index contributed by atoms with van der Waals surface area (Å²) >= 11 is 9.39. The van der Waals surface area contributed by atoms with Crippen LogP contribution in [0.25, 0.3) is 0 Å². The third-order valence-corrected chi connectivity index (χ3v) is 6.69. The van der Waals surface area contributed by atoms with Crippen LogP contribution in [0.4, 0.5) is 0 Å². The van der Waals surface area contributed by atoms with Crippen LogP contribution in [0, 0.1) is 6.92 Å². The van der Waals surface area contributed by atoms with E-state index in [1.165, 1.54) is 6.42 Å². The quantitative estimate of drug-likeness (QED) is 0.488. The molecule has 0 saturated heterocycles. The number of amides is 2. The molecule has 1 aliphatic rings. The van der Waals surface area contributed by atoms with E-state index in [1.54, 1.807) is 30.0 Å². The van der Waals surface area contributed by atoms with Crippen LogP contribution in [0.1, 0.15) is 50.2 Å². The van der Waals surface area contributed by atoms with Gasteiger partial charge >= 0.3 is 0 Å². The minimum absolute atomic E-state index is 0.120. The summed E-state index contributed by atoms with van der Waals surface area (Å²) in [5.74, 6) is 0.154. The normalized spacial score (nSPS) is 15.1. The maximum atomic E-state index is 13.2. The fourth-order valence-corrected chi connectivity index (χ4v) is 4.65. The fourth-order valence-electron chi connectivity index (χ4n) is 3.86. The number of hydrogen-bond acceptors (Lipinski definition) is 3. The van der Waals surface area contributed by atoms with Crippen molar-refractivity contribution in [1.82, 2.24) is 10.2 Å². The van der Waals surface area contributed by atoms with Crippen molar-refractivity contribution in [2.24, 2.45) is 0 Å². The topological polar surface area (TPSA) is 58.6 Å². The molecule has 1 atom stereocenters. The lowest BCUT2D eigenvalue weighted by atomic mass is 9.95. The summed E-state index contributed by atoms with van der Waals surface area (Å²) in [4.78, 5) is 27.8. The Morgan fingerprint density at radius 2 is 1.84 bits per heavy atom. The van der Waals surface area contributed by atoms with Crippen LogP contribution in [0.3, 0.4) is 0 Å². The van der Waals surface area contributed by atoms with Gasteiger partial charge in [-0.1, -0.05) is 60.7 Å². The molecule has 0 bridgehead atoms. The number of halogens is 2. The average molecular weight is 522 g/mol. The molecule has 0 aliphatic heterocycles. The van der Waals surface area contributed by atoms with E-state index in [0.29, 0.717) is 21.8 Å². The van der Waals surface area contributed by atoms with Gasteiger partial charge in [-0.2, -0.15) is 0 Å². The van der Waals surface area contributed by atoms with Crippen molar-refractivity contribution in [3.63, 3.8) is 0 Å². The minimum Gasteiger partial charge on any atom is -0.483 e. The fraction of sp³-hybridized carbons (Fsp3) is 0.440. The molecular weight excluding hydrogens is 492 g/mol. The average Bonchev–Trinajstić information content (AvgIpc) is 2.78. The van der Waals surface area contributed by atoms with Crippen molar-refractivity contribution in [1.29, 1.82) is 0 Å². The van der Waals surface area contributed by atoms with E-state index in [0.717, 1.165) is 36.8 Å². The molecule has 5 nitrogen and oxygen atoms in total. The summed E-state index contributed by atoms with van der Waals surface area (Å²) in [5.41, 5.74) is 2.11. The zero-order valence-electron chi connectivity index (χ0n) is 18.6. The Morgan fingerprint density at radius 1 is 1.16 bits per heavy atom. The predicted molar refractivity (Wildman–Crippen MR) is 131 cm³/mol. The number of nitrogens with zero attached hydrogens (tertiary/aromatic N) is 1. The molecule has 0 unspecified atom stereocenters. The number of aryl methyl sites for hydroxylation is 1. The Morgan fingerprint density at radius 3 is 2.50 bits per heavy atom. The van der Waals surface area contributed by atoms with Gasteiger partial charge in [-0.15, -0.1) is 0 Å². The van der Waals surface area contributed by atoms with Crippen LogP contribution in [0.2, 0.25) is 5.02 Å². The van der Waals surface area contributed by atoms with E-state index in [4.69, 9.17) is 16.3 Å². The van der Waals surface area contributed by atoms with Gasteiger partial charge in [0.2, 0.25) is 5.91 Å². The molecule has 2 aromatic rings. The molecule has 172 valence electrons. The highest BCUT2D eigenvalue weighted by Crippen LogP contribution is 2.28. The SMILES string of the molecule is Cc1ccc(CN(C(=O)COc2ccc(Cl)cc2Br)[C@@H](C)C(=O)NC2CCCCC2)cc1. The molecule has 2 aromatic carbocycles. The van der Waals surface area contributed by atoms with Crippen molar-refractivity contribution in [3.05, 3.63) is 63.1 Å². The van der Waals surface area contributed by atoms with Crippen LogP contribution in [0.15, 0.2) is 46.9 Å². The first-order chi connectivity index (χ1) is 15.3. The Balaban J connectivity index is 1.71. The zero-order chi connectivity index (χ0) is 23.1. The second-order valence-corrected chi connectivity index (χ2v) is 9.68. The molecule has 2 amide bonds. The Bertz CT molecular complexity index is 929. The first-order valence-corrected chi connectivity index (χ1v) is 12.2. The van der Waals surface area contributed by atoms with Crippen LogP contribution >= 0.6 is 27.5 Å². The third kappa shape index (κ3) is 6.97. The molecule has 0 spiro atoms. The van der Waals surface area contributed by atoms with Crippen molar-refractivity contribution in [2.45, 2.75) is 64.6 Å². The predicted octanol–water partition coefficient (Wildman–Crippen LogP) is 5.66. The molecule has 1 aliphatic carbocycles. The van der Waals surface area contributed by atoms with Crippen molar-refractivity contribution < 1.29 is 14.3 Å². The summed E-state index contributed by atoms with van der Waals surface area (Å²) in [6.45, 7) is 3.96. The molecule has 0 heterocycles. The van der Waals surface area contributed by atoms with Gasteiger partial charge in [-0.3, -0.25) is 9.59 Å². The lowest BCUT2D eigenvalue weighted by Crippen LogP contribution is -2.51. The molecule has 1 saturated carbocycles. The molecule has 3 rings (SSSR count). The van der Waals surface area contributed by atoms with Gasteiger partial charge in [0.05, 0.1) is 4.47 Å². The van der Waals surface area contributed by atoms with E-state index in [9.17, 15) is 9.59 Å². The lowest BCUT2D eigenvalue weighted by molar-refractivity contribution is -0.142. The number of carbonyl (C=O) groups is 2. The first kappa shape index (κ1) is 24.6. The maximum absolute atomic E-state index is 13.2. The molecule has 0 radical (unpaired) electrons. The van der Waals surface area contributed by atoms with E-state index in [2.05, 4.69) is 21.2 Å². The van der Waals surface area contributed by atoms with Gasteiger partial charge in [-0.25, -0.2) is 0 Å². The number of carbonyl (C=O) groups excluding carboxylic acids is 2. The van der Waals surface area contributed by atoms with Crippen LogP contribution in [0.5, 0.6) is 5.75 Å². The van der Waals surface area contributed by atoms with Crippen molar-refractivity contribution in [3.8, 4) is 5.75 Å². The number of rotatable bonds is 8. The highest BCUT2D eigenvalue weighted by atomic mass is 79.9. The number of hydrogen-bond donors (Lipinski definition) is 1. The Hall–Kier alpha value is -2.05. The Labute approximate surface area is 203 Å². The van der Waals surface area contributed by atoms with E-state index in [1.807, 2.05) is 31.2 Å². The number of ether oxygens (including phenoxy) is 1. The number of benzene rings is 2. The molecule has 1 N–H and O–H groups in total. The monoisotopic (exact) mass is 520 g/mol. The smallest absolute Gasteiger partial charge is 0.261 e. The Kier molecular flexibility index (Phi) is 9.00. The van der Waals surface area contributed by atoms with E-state index < -0.39 is 6.04 Å². The summed E-state index contributed by atoms with van der Waals surface area (Å²) in [6.07, 6.45) is 5.48. The number of nitrogens with one attached hydrogen (secondary N) is 1. The van der Waals surface area contributed by atoms with Crippen LogP contribution < -0.4 is 10.1 Å². The van der Waals surface area contributed by atoms with Crippen LogP contribution in [-0.4, -0.2) is 35.4 Å². The van der Waals surface area contributed by atoms with Gasteiger partial charge < -0.3 is 15.0 Å². The molecule has 7 heteroatoms. The van der Waals surface area contributed by atoms with E-state index >= 15 is 0 Å². The van der Waals surface area contributed by atoms with Gasteiger partial charge in [0.15, 0.2) is 6.61 Å². The van der Waals surface area contributed by atoms with Gasteiger partial charge in [0.25, 0.3) is 5.91 Å². The largest absolute Gasteiger partial charge is 0.483 e. The first-order valence-electron chi connectivity index (χ1n) is 11.1. The van der Waals surface area contributed by atoms with Crippen LogP contribution in [-0.2, 0) is 16.1 Å². The second kappa shape index (κ2) is 11.7. The third-order valence-electron chi connectivity index (χ3n) is 5.84. The van der Waals surface area contributed by atoms with Gasteiger partial charge in [-0.05, 0) is 66.4 Å². The summed E-state index contributed by atoms with van der Waals surface area (Å²) < 4.78 is 6.42. The highest BCUT2D eigenvalue weighted by Gasteiger charge is 2.28. The summed E-state index contributed by atoms with van der Waals surface area (Å²) in [5, 5.41) is 3.72. The van der Waals surface area contributed by atoms with Gasteiger partial charge in [0, 0.05) is 17.6 Å². The minimum atomic E-state index is -0.608. The molecular formula is C25H30BrClN2O3. The van der Waals surface area contributed by atoms with Crippen molar-refractivity contribution in [2.75, 3.05) is 6.61 Å². The standard InChI is InChI=1S/C25H30BrClN2O3/c1-17-8-10-19(11-9-17)15-29(18(2)25(31)28-21-6-4-3-5-7-21)24(30)16-32-23-13-12-20(27)14-22(23)26/h8-14,18,21H,3-7,15-16H2,1-2H3,(H,28,31)/t18-/m0/s1. The van der Waals surface area contributed by atoms with E-state index in [-0.39, 0.29) is 24.5 Å². The molecule has 0 aromatic heterocycles. The molecule has 32 heavy (non-hydrogen) atoms. The maximum Gasteiger partial charge on any atom is 0.261 e. The summed E-state index contributed by atoms with van der Waals surface area (Å²) in [7, 11) is 0. The zero-order valence-corrected chi connectivity index (χ0v) is 20.9. The summed E-state index contributed by atoms with van der Waals surface area (Å²) in [6, 6.07) is 12.7. The highest BCUT2D eigenvalue weighted by molar-refractivity contribution is 9.10.